The largest absolute Gasteiger partial charge is 0.356 e. The molecule has 1 aliphatic heterocycles. The Morgan fingerprint density at radius 3 is 2.50 bits per heavy atom. The second kappa shape index (κ2) is 4.78. The van der Waals surface area contributed by atoms with Crippen LogP contribution in [0.4, 0.5) is 0 Å². The fourth-order valence-electron chi connectivity index (χ4n) is 1.77. The molecule has 14 heavy (non-hydrogen) atoms. The quantitative estimate of drug-likeness (QED) is 0.740. The smallest absolute Gasteiger partial charge is 0.219 e. The summed E-state index contributed by atoms with van der Waals surface area (Å²) >= 11 is 0. The molecule has 0 unspecified atom stereocenters. The maximum Gasteiger partial charge on any atom is 0.219 e. The topological polar surface area (TPSA) is 32.3 Å². The Morgan fingerprint density at radius 1 is 1.43 bits per heavy atom. The van der Waals surface area contributed by atoms with E-state index in [0.717, 1.165) is 19.6 Å². The molecule has 1 heterocycles. The Hall–Kier alpha value is -0.570. The number of likely N-dealkylation sites (tertiary alicyclic amines) is 1. The summed E-state index contributed by atoms with van der Waals surface area (Å²) in [5.74, 6) is 0.171. The molecule has 3 heteroatoms. The second-order valence-corrected chi connectivity index (χ2v) is 4.74. The van der Waals surface area contributed by atoms with E-state index in [9.17, 15) is 4.79 Å². The molecular weight excluding hydrogens is 176 g/mol. The minimum atomic E-state index is 0.171. The summed E-state index contributed by atoms with van der Waals surface area (Å²) in [6, 6.07) is 0. The van der Waals surface area contributed by atoms with Crippen molar-refractivity contribution in [2.75, 3.05) is 26.7 Å². The highest BCUT2D eigenvalue weighted by Gasteiger charge is 2.28. The molecule has 0 aromatic rings. The number of hydrogen-bond acceptors (Lipinski definition) is 2. The number of nitrogens with one attached hydrogen (secondary N) is 1. The lowest BCUT2D eigenvalue weighted by molar-refractivity contribution is -0.121. The van der Waals surface area contributed by atoms with Crippen molar-refractivity contribution in [3.63, 3.8) is 0 Å². The van der Waals surface area contributed by atoms with E-state index in [4.69, 9.17) is 0 Å². The molecule has 0 spiro atoms. The molecule has 0 saturated carbocycles. The minimum absolute atomic E-state index is 0.171. The van der Waals surface area contributed by atoms with Crippen molar-refractivity contribution in [1.29, 1.82) is 0 Å². The molecule has 0 radical (unpaired) electrons. The molecular formula is C11H22N2O. The van der Waals surface area contributed by atoms with Gasteiger partial charge in [0.1, 0.15) is 0 Å². The molecule has 0 aliphatic carbocycles. The fraction of sp³-hybridized carbons (Fsp3) is 0.909. The average Bonchev–Trinajstić information content (AvgIpc) is 2.20. The Morgan fingerprint density at radius 2 is 2.00 bits per heavy atom. The number of hydrogen-bond donors (Lipinski definition) is 1. The van der Waals surface area contributed by atoms with Crippen molar-refractivity contribution >= 4 is 5.91 Å². The summed E-state index contributed by atoms with van der Waals surface area (Å²) < 4.78 is 0. The van der Waals surface area contributed by atoms with Crippen molar-refractivity contribution in [3.05, 3.63) is 0 Å². The molecule has 1 N–H and O–H groups in total. The third-order valence-electron chi connectivity index (χ3n) is 3.23. The lowest BCUT2D eigenvalue weighted by atomic mass is 9.80. The van der Waals surface area contributed by atoms with E-state index in [0.29, 0.717) is 11.8 Å². The lowest BCUT2D eigenvalue weighted by Gasteiger charge is -2.37. The van der Waals surface area contributed by atoms with Gasteiger partial charge in [-0.15, -0.1) is 0 Å². The molecule has 1 rings (SSSR count). The van der Waals surface area contributed by atoms with E-state index in [2.05, 4.69) is 24.2 Å². The van der Waals surface area contributed by atoms with Crippen LogP contribution < -0.4 is 5.32 Å². The van der Waals surface area contributed by atoms with Crippen LogP contribution in [0.1, 0.15) is 33.1 Å². The van der Waals surface area contributed by atoms with Gasteiger partial charge in [-0.1, -0.05) is 13.8 Å². The highest BCUT2D eigenvalue weighted by Crippen LogP contribution is 2.29. The van der Waals surface area contributed by atoms with Crippen LogP contribution in [0.3, 0.4) is 0 Å². The number of carbonyl (C=O) groups is 1. The number of nitrogens with zero attached hydrogens (tertiary/aromatic N) is 1. The van der Waals surface area contributed by atoms with Crippen LogP contribution in [0.15, 0.2) is 0 Å². The molecule has 0 bridgehead atoms. The van der Waals surface area contributed by atoms with Crippen LogP contribution in [0.25, 0.3) is 0 Å². The zero-order valence-corrected chi connectivity index (χ0v) is 9.60. The van der Waals surface area contributed by atoms with Gasteiger partial charge in [-0.3, -0.25) is 4.79 Å². The Balaban J connectivity index is 2.31. The van der Waals surface area contributed by atoms with Gasteiger partial charge in [0.15, 0.2) is 0 Å². The van der Waals surface area contributed by atoms with Crippen molar-refractivity contribution in [2.24, 2.45) is 5.41 Å². The molecule has 0 aromatic heterocycles. The predicted molar refractivity (Wildman–Crippen MR) is 58.1 cm³/mol. The van der Waals surface area contributed by atoms with Gasteiger partial charge >= 0.3 is 0 Å². The third kappa shape index (κ3) is 3.29. The number of rotatable bonds is 3. The van der Waals surface area contributed by atoms with Crippen LogP contribution in [0.2, 0.25) is 0 Å². The normalized spacial score (nSPS) is 21.9. The standard InChI is InChI=1S/C11H22N2O/c1-4-10(14)12-9-11(2)5-7-13(3)8-6-11/h4-9H2,1-3H3,(H,12,14). The summed E-state index contributed by atoms with van der Waals surface area (Å²) in [5.41, 5.74) is 0.317. The summed E-state index contributed by atoms with van der Waals surface area (Å²) in [6.45, 7) is 7.31. The highest BCUT2D eigenvalue weighted by atomic mass is 16.1. The van der Waals surface area contributed by atoms with Gasteiger partial charge in [0.05, 0.1) is 0 Å². The van der Waals surface area contributed by atoms with E-state index in [1.54, 1.807) is 0 Å². The maximum absolute atomic E-state index is 11.1. The van der Waals surface area contributed by atoms with Crippen molar-refractivity contribution in [3.8, 4) is 0 Å². The van der Waals surface area contributed by atoms with Crippen molar-refractivity contribution < 1.29 is 4.79 Å². The number of carbonyl (C=O) groups excluding carboxylic acids is 1. The number of amides is 1. The molecule has 0 aromatic carbocycles. The molecule has 3 nitrogen and oxygen atoms in total. The van der Waals surface area contributed by atoms with Crippen molar-refractivity contribution in [1.82, 2.24) is 10.2 Å². The maximum atomic E-state index is 11.1. The van der Waals surface area contributed by atoms with Crippen molar-refractivity contribution in [2.45, 2.75) is 33.1 Å². The van der Waals surface area contributed by atoms with Gasteiger partial charge in [0.25, 0.3) is 0 Å². The molecule has 1 aliphatic rings. The SMILES string of the molecule is CCC(=O)NCC1(C)CCN(C)CC1. The Kier molecular flexibility index (Phi) is 3.93. The average molecular weight is 198 g/mol. The van der Waals surface area contributed by atoms with Crippen LogP contribution >= 0.6 is 0 Å². The molecule has 0 atom stereocenters. The summed E-state index contributed by atoms with van der Waals surface area (Å²) in [6.07, 6.45) is 2.97. The van der Waals surface area contributed by atoms with E-state index < -0.39 is 0 Å². The van der Waals surface area contributed by atoms with Crippen LogP contribution in [-0.2, 0) is 4.79 Å². The molecule has 1 saturated heterocycles. The zero-order chi connectivity index (χ0) is 10.6. The van der Waals surface area contributed by atoms with Crippen LogP contribution in [0.5, 0.6) is 0 Å². The summed E-state index contributed by atoms with van der Waals surface area (Å²) in [7, 11) is 2.16. The highest BCUT2D eigenvalue weighted by molar-refractivity contribution is 5.75. The van der Waals surface area contributed by atoms with Gasteiger partial charge in [0, 0.05) is 13.0 Å². The Labute approximate surface area is 86.9 Å². The van der Waals surface area contributed by atoms with Crippen LogP contribution in [0, 0.1) is 5.41 Å². The first-order valence-corrected chi connectivity index (χ1v) is 5.51. The second-order valence-electron chi connectivity index (χ2n) is 4.74. The first kappa shape index (κ1) is 11.5. The van der Waals surface area contributed by atoms with Gasteiger partial charge in [-0.05, 0) is 38.4 Å². The molecule has 1 amide bonds. The molecule has 82 valence electrons. The van der Waals surface area contributed by atoms with Crippen LogP contribution in [-0.4, -0.2) is 37.5 Å². The minimum Gasteiger partial charge on any atom is -0.356 e. The lowest BCUT2D eigenvalue weighted by Crippen LogP contribution is -2.43. The van der Waals surface area contributed by atoms with Gasteiger partial charge < -0.3 is 10.2 Å². The van der Waals surface area contributed by atoms with Gasteiger partial charge in [0.2, 0.25) is 5.91 Å². The summed E-state index contributed by atoms with van der Waals surface area (Å²) in [4.78, 5) is 13.5. The first-order valence-electron chi connectivity index (χ1n) is 5.51. The Bertz CT molecular complexity index is 195. The third-order valence-corrected chi connectivity index (χ3v) is 3.23. The first-order chi connectivity index (χ1) is 6.56. The fourth-order valence-corrected chi connectivity index (χ4v) is 1.77. The predicted octanol–water partition coefficient (Wildman–Crippen LogP) is 1.24. The van der Waals surface area contributed by atoms with E-state index in [1.807, 2.05) is 6.92 Å². The molecule has 1 fully saturated rings. The van der Waals surface area contributed by atoms with Gasteiger partial charge in [-0.2, -0.15) is 0 Å². The monoisotopic (exact) mass is 198 g/mol. The van der Waals surface area contributed by atoms with E-state index >= 15 is 0 Å². The van der Waals surface area contributed by atoms with E-state index in [1.165, 1.54) is 12.8 Å². The van der Waals surface area contributed by atoms with E-state index in [-0.39, 0.29) is 5.91 Å². The zero-order valence-electron chi connectivity index (χ0n) is 9.60. The number of piperidine rings is 1. The summed E-state index contributed by atoms with van der Waals surface area (Å²) in [5, 5.41) is 3.00. The van der Waals surface area contributed by atoms with Gasteiger partial charge in [-0.25, -0.2) is 0 Å².